The van der Waals surface area contributed by atoms with Crippen LogP contribution in [0.5, 0.6) is 0 Å². The summed E-state index contributed by atoms with van der Waals surface area (Å²) in [6, 6.07) is 8.78. The molecule has 0 amide bonds. The number of sulfonamides is 1. The summed E-state index contributed by atoms with van der Waals surface area (Å²) in [5.74, 6) is -0.680. The summed E-state index contributed by atoms with van der Waals surface area (Å²) in [5.41, 5.74) is -0.168. The zero-order chi connectivity index (χ0) is 19.5. The summed E-state index contributed by atoms with van der Waals surface area (Å²) >= 11 is 5.97. The van der Waals surface area contributed by atoms with Crippen molar-refractivity contribution >= 4 is 39.0 Å². The molecule has 2 aromatic carbocycles. The molecule has 10 heteroatoms. The van der Waals surface area contributed by atoms with Gasteiger partial charge in [0, 0.05) is 19.2 Å². The number of benzene rings is 2. The number of anilines is 1. The van der Waals surface area contributed by atoms with Crippen LogP contribution in [0.4, 0.5) is 11.4 Å². The van der Waals surface area contributed by atoms with E-state index in [9.17, 15) is 23.3 Å². The number of ether oxygens (including phenoxy) is 1. The van der Waals surface area contributed by atoms with E-state index in [1.165, 1.54) is 43.4 Å². The molecule has 0 atom stereocenters. The Hall–Kier alpha value is -2.65. The van der Waals surface area contributed by atoms with Crippen molar-refractivity contribution in [2.24, 2.45) is 0 Å². The predicted octanol–water partition coefficient (Wildman–Crippen LogP) is 3.25. The molecule has 2 aromatic rings. The number of nitro benzene ring substituents is 1. The average Bonchev–Trinajstić information content (AvgIpc) is 2.61. The molecule has 0 saturated heterocycles. The van der Waals surface area contributed by atoms with Gasteiger partial charge in [-0.25, -0.2) is 13.2 Å². The fraction of sp³-hybridized carbons (Fsp3) is 0.188. The summed E-state index contributed by atoms with van der Waals surface area (Å²) < 4.78 is 31.3. The van der Waals surface area contributed by atoms with Crippen molar-refractivity contribution in [3.63, 3.8) is 0 Å². The molecule has 0 aliphatic rings. The Kier molecular flexibility index (Phi) is 5.83. The lowest BCUT2D eigenvalue weighted by Gasteiger charge is -2.20. The molecule has 0 spiro atoms. The van der Waals surface area contributed by atoms with Gasteiger partial charge in [-0.2, -0.15) is 0 Å². The van der Waals surface area contributed by atoms with Crippen LogP contribution < -0.4 is 4.31 Å². The largest absolute Gasteiger partial charge is 0.462 e. The van der Waals surface area contributed by atoms with Crippen LogP contribution in [0.3, 0.4) is 0 Å². The lowest BCUT2D eigenvalue weighted by molar-refractivity contribution is -0.385. The van der Waals surface area contributed by atoms with Gasteiger partial charge in [0.15, 0.2) is 0 Å². The maximum absolute atomic E-state index is 12.8. The Morgan fingerprint density at radius 2 is 1.96 bits per heavy atom. The maximum atomic E-state index is 12.8. The fourth-order valence-electron chi connectivity index (χ4n) is 2.13. The van der Waals surface area contributed by atoms with Crippen molar-refractivity contribution in [2.75, 3.05) is 18.0 Å². The van der Waals surface area contributed by atoms with Gasteiger partial charge < -0.3 is 4.74 Å². The van der Waals surface area contributed by atoms with E-state index in [2.05, 4.69) is 0 Å². The van der Waals surface area contributed by atoms with Crippen molar-refractivity contribution in [3.8, 4) is 0 Å². The molecular formula is C16H15ClN2O6S. The van der Waals surface area contributed by atoms with Crippen LogP contribution in [-0.4, -0.2) is 33.0 Å². The first-order valence-electron chi connectivity index (χ1n) is 7.38. The van der Waals surface area contributed by atoms with E-state index >= 15 is 0 Å². The van der Waals surface area contributed by atoms with Crippen LogP contribution in [0.2, 0.25) is 5.02 Å². The van der Waals surface area contributed by atoms with E-state index < -0.39 is 20.9 Å². The van der Waals surface area contributed by atoms with E-state index in [0.717, 1.165) is 10.4 Å². The van der Waals surface area contributed by atoms with Crippen molar-refractivity contribution in [1.82, 2.24) is 0 Å². The van der Waals surface area contributed by atoms with Crippen LogP contribution in [0.15, 0.2) is 47.4 Å². The highest BCUT2D eigenvalue weighted by atomic mass is 35.5. The molecule has 0 radical (unpaired) electrons. The number of carbonyl (C=O) groups is 1. The summed E-state index contributed by atoms with van der Waals surface area (Å²) in [4.78, 5) is 21.9. The first-order chi connectivity index (χ1) is 12.2. The monoisotopic (exact) mass is 398 g/mol. The number of non-ortho nitro benzene ring substituents is 1. The van der Waals surface area contributed by atoms with Gasteiger partial charge in [0.05, 0.1) is 32.7 Å². The number of rotatable bonds is 6. The van der Waals surface area contributed by atoms with Gasteiger partial charge in [-0.1, -0.05) is 17.7 Å². The third-order valence-corrected chi connectivity index (χ3v) is 5.61. The van der Waals surface area contributed by atoms with Crippen LogP contribution in [-0.2, 0) is 14.8 Å². The Morgan fingerprint density at radius 3 is 2.58 bits per heavy atom. The van der Waals surface area contributed by atoms with Crippen molar-refractivity contribution in [3.05, 3.63) is 63.2 Å². The SMILES string of the molecule is CCOC(=O)c1cc(N(C)S(=O)(=O)c2cccc([N+](=O)[O-])c2)ccc1Cl. The molecule has 0 unspecified atom stereocenters. The molecule has 0 aliphatic heterocycles. The standard InChI is InChI=1S/C16H15ClN2O6S/c1-3-25-16(20)14-10-11(7-8-15(14)17)18(2)26(23,24)13-6-4-5-12(9-13)19(21)22/h4-10H,3H2,1-2H3. The van der Waals surface area contributed by atoms with Crippen molar-refractivity contribution < 1.29 is 22.9 Å². The molecule has 0 bridgehead atoms. The van der Waals surface area contributed by atoms with Gasteiger partial charge in [0.25, 0.3) is 15.7 Å². The second kappa shape index (κ2) is 7.71. The summed E-state index contributed by atoms with van der Waals surface area (Å²) in [6.45, 7) is 1.77. The van der Waals surface area contributed by atoms with Crippen LogP contribution in [0.1, 0.15) is 17.3 Å². The fourth-order valence-corrected chi connectivity index (χ4v) is 3.55. The van der Waals surface area contributed by atoms with E-state index in [-0.39, 0.29) is 33.5 Å². The molecular weight excluding hydrogens is 384 g/mol. The number of halogens is 1. The van der Waals surface area contributed by atoms with E-state index in [1.807, 2.05) is 0 Å². The van der Waals surface area contributed by atoms with E-state index in [0.29, 0.717) is 0 Å². The topological polar surface area (TPSA) is 107 Å². The number of hydrogen-bond donors (Lipinski definition) is 0. The number of carbonyl (C=O) groups excluding carboxylic acids is 1. The molecule has 2 rings (SSSR count). The van der Waals surface area contributed by atoms with Gasteiger partial charge in [-0.15, -0.1) is 0 Å². The first-order valence-corrected chi connectivity index (χ1v) is 9.20. The first kappa shape index (κ1) is 19.7. The second-order valence-electron chi connectivity index (χ2n) is 5.11. The highest BCUT2D eigenvalue weighted by Crippen LogP contribution is 2.28. The average molecular weight is 399 g/mol. The van der Waals surface area contributed by atoms with Gasteiger partial charge >= 0.3 is 5.97 Å². The smallest absolute Gasteiger partial charge is 0.339 e. The summed E-state index contributed by atoms with van der Waals surface area (Å²) in [6.07, 6.45) is 0. The molecule has 0 aromatic heterocycles. The molecule has 0 saturated carbocycles. The van der Waals surface area contributed by atoms with Crippen molar-refractivity contribution in [1.29, 1.82) is 0 Å². The van der Waals surface area contributed by atoms with Crippen LogP contribution in [0.25, 0.3) is 0 Å². The lowest BCUT2D eigenvalue weighted by Crippen LogP contribution is -2.27. The van der Waals surface area contributed by atoms with Gasteiger partial charge in [-0.05, 0) is 31.2 Å². The second-order valence-corrected chi connectivity index (χ2v) is 7.49. The Balaban J connectivity index is 2.46. The van der Waals surface area contributed by atoms with E-state index in [1.54, 1.807) is 6.92 Å². The Labute approximate surface area is 155 Å². The molecule has 0 fully saturated rings. The van der Waals surface area contributed by atoms with Gasteiger partial charge in [0.1, 0.15) is 0 Å². The molecule has 26 heavy (non-hydrogen) atoms. The maximum Gasteiger partial charge on any atom is 0.339 e. The third kappa shape index (κ3) is 3.94. The highest BCUT2D eigenvalue weighted by Gasteiger charge is 2.25. The Bertz CT molecular complexity index is 961. The quantitative estimate of drug-likeness (QED) is 0.420. The molecule has 0 aliphatic carbocycles. The minimum absolute atomic E-state index is 0.0205. The zero-order valence-corrected chi connectivity index (χ0v) is 15.5. The molecule has 0 N–H and O–H groups in total. The van der Waals surface area contributed by atoms with Crippen LogP contribution in [0, 0.1) is 10.1 Å². The number of nitro groups is 1. The molecule has 138 valence electrons. The number of nitrogens with zero attached hydrogens (tertiary/aromatic N) is 2. The number of hydrogen-bond acceptors (Lipinski definition) is 6. The normalized spacial score (nSPS) is 11.0. The lowest BCUT2D eigenvalue weighted by atomic mass is 10.2. The predicted molar refractivity (Wildman–Crippen MR) is 96.1 cm³/mol. The minimum Gasteiger partial charge on any atom is -0.462 e. The third-order valence-electron chi connectivity index (χ3n) is 3.50. The van der Waals surface area contributed by atoms with E-state index in [4.69, 9.17) is 16.3 Å². The zero-order valence-electron chi connectivity index (χ0n) is 13.9. The van der Waals surface area contributed by atoms with Gasteiger partial charge in [0.2, 0.25) is 0 Å². The summed E-state index contributed by atoms with van der Waals surface area (Å²) in [7, 11) is -2.81. The number of esters is 1. The molecule has 8 nitrogen and oxygen atoms in total. The van der Waals surface area contributed by atoms with Gasteiger partial charge in [-0.3, -0.25) is 14.4 Å². The van der Waals surface area contributed by atoms with Crippen molar-refractivity contribution in [2.45, 2.75) is 11.8 Å². The summed E-state index contributed by atoms with van der Waals surface area (Å²) in [5, 5.41) is 11.0. The minimum atomic E-state index is -4.08. The molecule has 0 heterocycles. The Morgan fingerprint density at radius 1 is 1.27 bits per heavy atom. The highest BCUT2D eigenvalue weighted by molar-refractivity contribution is 7.92. The van der Waals surface area contributed by atoms with Crippen LogP contribution >= 0.6 is 11.6 Å².